The van der Waals surface area contributed by atoms with Crippen molar-refractivity contribution >= 4 is 11.6 Å². The van der Waals surface area contributed by atoms with Crippen LogP contribution in [0.5, 0.6) is 11.6 Å². The molecule has 0 radical (unpaired) electrons. The summed E-state index contributed by atoms with van der Waals surface area (Å²) in [5.74, 6) is 1.60. The first-order chi connectivity index (χ1) is 24.3. The zero-order chi connectivity index (χ0) is 35.0. The molecule has 1 N–H and O–H groups in total. The summed E-state index contributed by atoms with van der Waals surface area (Å²) in [6.07, 6.45) is 11.6. The standard InChI is InChI=1S/C35H47N11O4/c1-23(20-47-5)21-48-34-32(19-46(41-34)31-10-8-30(9-11-31)44-16-24(2)49-25(3)17-44)40-35-37-14-29(15-38-35)27-6-7-28(13-36)33(12-27)50-26(4)18-45-22-39-42-43-45/h6-7,12,14-15,19,22-26,30-31H,8-11,16-18,20-21H2,1-5H3,(H,37,38,40)/t23?,24-,25+,26-,30-,31-/m0/s1. The molecule has 1 saturated carbocycles. The number of methoxy groups -OCH3 is 1. The molecule has 3 aromatic heterocycles. The molecule has 4 heterocycles. The number of anilines is 2. The van der Waals surface area contributed by atoms with E-state index in [1.54, 1.807) is 30.3 Å². The zero-order valence-electron chi connectivity index (χ0n) is 29.5. The Bertz CT molecular complexity index is 1690. The van der Waals surface area contributed by atoms with E-state index in [1.807, 2.05) is 29.9 Å². The highest BCUT2D eigenvalue weighted by Gasteiger charge is 2.32. The molecule has 1 aliphatic carbocycles. The molecule has 15 nitrogen and oxygen atoms in total. The highest BCUT2D eigenvalue weighted by atomic mass is 16.5. The minimum Gasteiger partial charge on any atom is -0.487 e. The van der Waals surface area contributed by atoms with Crippen LogP contribution in [0.3, 0.4) is 0 Å². The molecule has 1 saturated heterocycles. The Balaban J connectivity index is 1.14. The van der Waals surface area contributed by atoms with Crippen LogP contribution in [0.15, 0.2) is 43.1 Å². The molecule has 0 spiro atoms. The third kappa shape index (κ3) is 8.92. The van der Waals surface area contributed by atoms with Crippen molar-refractivity contribution in [2.45, 2.75) is 90.3 Å². The predicted octanol–water partition coefficient (Wildman–Crippen LogP) is 4.66. The van der Waals surface area contributed by atoms with E-state index < -0.39 is 0 Å². The summed E-state index contributed by atoms with van der Waals surface area (Å²) in [6.45, 7) is 11.8. The van der Waals surface area contributed by atoms with Crippen LogP contribution in [0.2, 0.25) is 0 Å². The number of hydrogen-bond donors (Lipinski definition) is 1. The van der Waals surface area contributed by atoms with Crippen molar-refractivity contribution in [3.63, 3.8) is 0 Å². The lowest BCUT2D eigenvalue weighted by Crippen LogP contribution is -2.51. The molecule has 4 atom stereocenters. The minimum atomic E-state index is -0.272. The van der Waals surface area contributed by atoms with Gasteiger partial charge in [-0.05, 0) is 74.6 Å². The number of nitriles is 1. The van der Waals surface area contributed by atoms with Gasteiger partial charge in [-0.25, -0.2) is 14.6 Å². The number of morpholine rings is 1. The summed E-state index contributed by atoms with van der Waals surface area (Å²) in [5.41, 5.74) is 2.74. The number of hydrogen-bond acceptors (Lipinski definition) is 13. The Hall–Kier alpha value is -4.65. The Morgan fingerprint density at radius 2 is 1.76 bits per heavy atom. The van der Waals surface area contributed by atoms with Gasteiger partial charge in [0.25, 0.3) is 5.88 Å². The molecule has 0 bridgehead atoms. The lowest BCUT2D eigenvalue weighted by Gasteiger charge is -2.42. The quantitative estimate of drug-likeness (QED) is 0.195. The van der Waals surface area contributed by atoms with Crippen molar-refractivity contribution in [3.05, 3.63) is 48.7 Å². The van der Waals surface area contributed by atoms with Crippen LogP contribution in [-0.4, -0.2) is 103 Å². The van der Waals surface area contributed by atoms with Crippen molar-refractivity contribution in [1.82, 2.24) is 44.9 Å². The Labute approximate surface area is 292 Å². The first kappa shape index (κ1) is 35.2. The molecule has 0 amide bonds. The second kappa shape index (κ2) is 16.4. The van der Waals surface area contributed by atoms with E-state index in [0.29, 0.717) is 54.6 Å². The van der Waals surface area contributed by atoms with E-state index in [2.05, 4.69) is 62.6 Å². The average Bonchev–Trinajstić information content (AvgIpc) is 3.77. The third-order valence-electron chi connectivity index (χ3n) is 9.16. The Kier molecular flexibility index (Phi) is 11.5. The minimum absolute atomic E-state index is 0.200. The number of nitrogens with one attached hydrogen (secondary N) is 1. The first-order valence-corrected chi connectivity index (χ1v) is 17.4. The van der Waals surface area contributed by atoms with E-state index in [9.17, 15) is 5.26 Å². The molecular formula is C35H47N11O4. The summed E-state index contributed by atoms with van der Waals surface area (Å²) in [5, 5.41) is 29.1. The van der Waals surface area contributed by atoms with Crippen LogP contribution < -0.4 is 14.8 Å². The monoisotopic (exact) mass is 685 g/mol. The SMILES string of the molecule is COCC(C)COc1nn([C@H]2CC[C@H](N3C[C@@H](C)O[C@@H](C)C3)CC2)cc1Nc1ncc(-c2ccc(C#N)c(O[C@@H](C)Cn3cnnn3)c2)cn1. The predicted molar refractivity (Wildman–Crippen MR) is 185 cm³/mol. The Morgan fingerprint density at radius 1 is 1.02 bits per heavy atom. The van der Waals surface area contributed by atoms with Crippen LogP contribution in [0.4, 0.5) is 11.6 Å². The zero-order valence-corrected chi connectivity index (χ0v) is 29.5. The lowest BCUT2D eigenvalue weighted by molar-refractivity contribution is -0.0852. The van der Waals surface area contributed by atoms with Gasteiger partial charge in [-0.2, -0.15) is 5.26 Å². The van der Waals surface area contributed by atoms with Gasteiger partial charge in [0.2, 0.25) is 5.95 Å². The van der Waals surface area contributed by atoms with Gasteiger partial charge in [0, 0.05) is 50.1 Å². The maximum atomic E-state index is 9.68. The second-order valence-electron chi connectivity index (χ2n) is 13.6. The van der Waals surface area contributed by atoms with Crippen LogP contribution in [0.25, 0.3) is 11.1 Å². The van der Waals surface area contributed by atoms with Crippen LogP contribution >= 0.6 is 0 Å². The number of ether oxygens (including phenoxy) is 4. The molecule has 4 aromatic rings. The number of nitrogens with zero attached hydrogens (tertiary/aromatic N) is 10. The van der Waals surface area contributed by atoms with Crippen molar-refractivity contribution < 1.29 is 18.9 Å². The fraction of sp³-hybridized carbons (Fsp3) is 0.571. The first-order valence-electron chi connectivity index (χ1n) is 17.4. The van der Waals surface area contributed by atoms with Crippen LogP contribution in [-0.2, 0) is 16.0 Å². The molecule has 6 rings (SSSR count). The highest BCUT2D eigenvalue weighted by molar-refractivity contribution is 5.67. The summed E-state index contributed by atoms with van der Waals surface area (Å²) in [7, 11) is 1.69. The van der Waals surface area contributed by atoms with Gasteiger partial charge in [-0.3, -0.25) is 9.58 Å². The molecule has 1 unspecified atom stereocenters. The fourth-order valence-corrected chi connectivity index (χ4v) is 6.85. The van der Waals surface area contributed by atoms with Gasteiger partial charge in [-0.15, -0.1) is 10.2 Å². The maximum absolute atomic E-state index is 9.68. The molecular weight excluding hydrogens is 638 g/mol. The summed E-state index contributed by atoms with van der Waals surface area (Å²) >= 11 is 0. The average molecular weight is 686 g/mol. The number of rotatable bonds is 14. The summed E-state index contributed by atoms with van der Waals surface area (Å²) < 4.78 is 27.2. The van der Waals surface area contributed by atoms with Gasteiger partial charge in [0.15, 0.2) is 0 Å². The van der Waals surface area contributed by atoms with Crippen molar-refractivity contribution in [2.75, 3.05) is 38.7 Å². The molecule has 15 heteroatoms. The second-order valence-corrected chi connectivity index (χ2v) is 13.6. The van der Waals surface area contributed by atoms with Gasteiger partial charge in [-0.1, -0.05) is 13.0 Å². The number of aromatic nitrogens is 8. The normalized spacial score (nSPS) is 22.4. The number of tetrazole rings is 1. The lowest BCUT2D eigenvalue weighted by atomic mass is 9.89. The largest absolute Gasteiger partial charge is 0.487 e. The van der Waals surface area contributed by atoms with Crippen molar-refractivity contribution in [2.24, 2.45) is 5.92 Å². The third-order valence-corrected chi connectivity index (χ3v) is 9.16. The maximum Gasteiger partial charge on any atom is 0.256 e. The van der Waals surface area contributed by atoms with E-state index in [4.69, 9.17) is 24.0 Å². The molecule has 1 aromatic carbocycles. The van der Waals surface area contributed by atoms with E-state index in [0.717, 1.165) is 49.9 Å². The highest BCUT2D eigenvalue weighted by Crippen LogP contribution is 2.36. The molecule has 50 heavy (non-hydrogen) atoms. The van der Waals surface area contributed by atoms with Crippen molar-refractivity contribution in [3.8, 4) is 28.8 Å². The molecule has 2 aliphatic rings. The van der Waals surface area contributed by atoms with Crippen LogP contribution in [0, 0.1) is 17.2 Å². The molecule has 2 fully saturated rings. The topological polar surface area (TPSA) is 163 Å². The molecule has 1 aliphatic heterocycles. The van der Waals surface area contributed by atoms with Gasteiger partial charge < -0.3 is 24.3 Å². The Morgan fingerprint density at radius 3 is 2.44 bits per heavy atom. The van der Waals surface area contributed by atoms with E-state index >= 15 is 0 Å². The number of benzene rings is 1. The van der Waals surface area contributed by atoms with Gasteiger partial charge in [0.1, 0.15) is 29.9 Å². The van der Waals surface area contributed by atoms with Gasteiger partial charge >= 0.3 is 0 Å². The fourth-order valence-electron chi connectivity index (χ4n) is 6.85. The summed E-state index contributed by atoms with van der Waals surface area (Å²) in [4.78, 5) is 11.8. The smallest absolute Gasteiger partial charge is 0.256 e. The van der Waals surface area contributed by atoms with Crippen LogP contribution in [0.1, 0.15) is 65.0 Å². The van der Waals surface area contributed by atoms with E-state index in [1.165, 1.54) is 6.33 Å². The van der Waals surface area contributed by atoms with E-state index in [-0.39, 0.29) is 30.3 Å². The summed E-state index contributed by atoms with van der Waals surface area (Å²) in [6, 6.07) is 8.48. The van der Waals surface area contributed by atoms with Gasteiger partial charge in [0.05, 0.1) is 49.8 Å². The van der Waals surface area contributed by atoms with Crippen molar-refractivity contribution in [1.29, 1.82) is 5.26 Å². The molecule has 266 valence electrons.